The maximum absolute atomic E-state index is 6.04. The van der Waals surface area contributed by atoms with Crippen molar-refractivity contribution >= 4 is 17.4 Å². The van der Waals surface area contributed by atoms with Crippen molar-refractivity contribution in [2.45, 2.75) is 25.9 Å². The molecule has 96 valence electrons. The molecule has 0 aliphatic carbocycles. The van der Waals surface area contributed by atoms with E-state index >= 15 is 0 Å². The molecule has 2 aromatic heterocycles. The van der Waals surface area contributed by atoms with E-state index in [1.807, 2.05) is 6.92 Å². The molecule has 7 heteroatoms. The first kappa shape index (κ1) is 11.7. The normalized spacial score (nSPS) is 19.6. The Labute approximate surface area is 109 Å². The van der Waals surface area contributed by atoms with Crippen molar-refractivity contribution < 1.29 is 9.47 Å². The molecule has 2 aromatic rings. The Kier molecular flexibility index (Phi) is 3.05. The van der Waals surface area contributed by atoms with Crippen LogP contribution in [0.5, 0.6) is 5.88 Å². The molecule has 1 fully saturated rings. The maximum Gasteiger partial charge on any atom is 0.256 e. The number of ether oxygens (including phenoxy) is 2. The van der Waals surface area contributed by atoms with Gasteiger partial charge in [0.25, 0.3) is 5.78 Å². The zero-order valence-corrected chi connectivity index (χ0v) is 10.7. The summed E-state index contributed by atoms with van der Waals surface area (Å²) in [6.45, 7) is 3.15. The molecule has 1 saturated heterocycles. The van der Waals surface area contributed by atoms with Gasteiger partial charge in [0.05, 0.1) is 6.10 Å². The van der Waals surface area contributed by atoms with E-state index in [1.165, 1.54) is 6.33 Å². The molecule has 3 rings (SSSR count). The Balaban J connectivity index is 1.89. The number of nitrogens with zero attached hydrogens (tertiary/aromatic N) is 4. The van der Waals surface area contributed by atoms with Crippen molar-refractivity contribution in [1.29, 1.82) is 0 Å². The molecule has 6 nitrogen and oxygen atoms in total. The lowest BCUT2D eigenvalue weighted by Crippen LogP contribution is -2.18. The second kappa shape index (κ2) is 4.70. The summed E-state index contributed by atoms with van der Waals surface area (Å²) in [5, 5.41) is 4.47. The van der Waals surface area contributed by atoms with Gasteiger partial charge in [-0.15, -0.1) is 0 Å². The van der Waals surface area contributed by atoms with Crippen LogP contribution in [0.25, 0.3) is 5.78 Å². The van der Waals surface area contributed by atoms with E-state index < -0.39 is 0 Å². The van der Waals surface area contributed by atoms with Crippen molar-refractivity contribution in [2.24, 2.45) is 0 Å². The quantitative estimate of drug-likeness (QED) is 0.792. The molecule has 0 spiro atoms. The summed E-state index contributed by atoms with van der Waals surface area (Å²) >= 11 is 6.04. The zero-order chi connectivity index (χ0) is 12.5. The van der Waals surface area contributed by atoms with Crippen LogP contribution in [0.1, 0.15) is 18.4 Å². The highest BCUT2D eigenvalue weighted by atomic mass is 35.5. The average molecular weight is 269 g/mol. The minimum Gasteiger partial charge on any atom is -0.475 e. The van der Waals surface area contributed by atoms with Crippen molar-refractivity contribution in [3.63, 3.8) is 0 Å². The maximum atomic E-state index is 6.04. The van der Waals surface area contributed by atoms with Crippen molar-refractivity contribution in [1.82, 2.24) is 19.6 Å². The van der Waals surface area contributed by atoms with E-state index in [4.69, 9.17) is 21.1 Å². The lowest BCUT2D eigenvalue weighted by molar-refractivity contribution is 0.0652. The van der Waals surface area contributed by atoms with Gasteiger partial charge in [-0.2, -0.15) is 19.6 Å². The fourth-order valence-corrected chi connectivity index (χ4v) is 2.15. The van der Waals surface area contributed by atoms with E-state index in [-0.39, 0.29) is 6.10 Å². The van der Waals surface area contributed by atoms with Crippen LogP contribution in [0, 0.1) is 6.92 Å². The Morgan fingerprint density at radius 3 is 3.28 bits per heavy atom. The van der Waals surface area contributed by atoms with Gasteiger partial charge in [0.1, 0.15) is 18.1 Å². The first-order valence-electron chi connectivity index (χ1n) is 5.86. The van der Waals surface area contributed by atoms with Gasteiger partial charge in [0.2, 0.25) is 5.88 Å². The summed E-state index contributed by atoms with van der Waals surface area (Å²) in [6.07, 6.45) is 3.69. The van der Waals surface area contributed by atoms with Crippen molar-refractivity contribution in [3.8, 4) is 5.88 Å². The molecule has 0 N–H and O–H groups in total. The molecule has 0 saturated carbocycles. The molecular formula is C11H13ClN4O2. The average Bonchev–Trinajstić information content (AvgIpc) is 3.00. The van der Waals surface area contributed by atoms with Crippen LogP contribution < -0.4 is 4.74 Å². The highest BCUT2D eigenvalue weighted by molar-refractivity contribution is 6.30. The van der Waals surface area contributed by atoms with Gasteiger partial charge < -0.3 is 9.47 Å². The number of hydrogen-bond donors (Lipinski definition) is 0. The van der Waals surface area contributed by atoms with Gasteiger partial charge >= 0.3 is 0 Å². The zero-order valence-electron chi connectivity index (χ0n) is 9.97. The van der Waals surface area contributed by atoms with Crippen LogP contribution in [-0.2, 0) is 4.74 Å². The highest BCUT2D eigenvalue weighted by Gasteiger charge is 2.19. The number of hydrogen-bond acceptors (Lipinski definition) is 5. The summed E-state index contributed by atoms with van der Waals surface area (Å²) in [7, 11) is 0. The third kappa shape index (κ3) is 2.02. The Morgan fingerprint density at radius 2 is 2.50 bits per heavy atom. The van der Waals surface area contributed by atoms with E-state index in [9.17, 15) is 0 Å². The highest BCUT2D eigenvalue weighted by Crippen LogP contribution is 2.25. The molecular weight excluding hydrogens is 256 g/mol. The Bertz CT molecular complexity index is 565. The standard InChI is InChI=1S/C11H13ClN4O2/c1-7-9(12)15-11-13-6-14-16(11)10(7)18-5-8-3-2-4-17-8/h6,8H,2-5H2,1H3. The topological polar surface area (TPSA) is 61.5 Å². The molecule has 1 unspecified atom stereocenters. The molecule has 0 bridgehead atoms. The predicted octanol–water partition coefficient (Wildman–Crippen LogP) is 1.64. The third-order valence-electron chi connectivity index (χ3n) is 2.98. The number of halogens is 1. The van der Waals surface area contributed by atoms with Crippen LogP contribution >= 0.6 is 11.6 Å². The molecule has 18 heavy (non-hydrogen) atoms. The Morgan fingerprint density at radius 1 is 1.61 bits per heavy atom. The molecule has 1 aliphatic heterocycles. The summed E-state index contributed by atoms with van der Waals surface area (Å²) < 4.78 is 12.9. The molecule has 1 atom stereocenters. The van der Waals surface area contributed by atoms with Gasteiger partial charge in [-0.25, -0.2) is 0 Å². The van der Waals surface area contributed by atoms with Gasteiger partial charge in [-0.05, 0) is 19.8 Å². The fourth-order valence-electron chi connectivity index (χ4n) is 1.99. The van der Waals surface area contributed by atoms with Crippen LogP contribution in [0.2, 0.25) is 5.15 Å². The van der Waals surface area contributed by atoms with Crippen LogP contribution in [-0.4, -0.2) is 38.9 Å². The van der Waals surface area contributed by atoms with Gasteiger partial charge in [0.15, 0.2) is 0 Å². The third-order valence-corrected chi connectivity index (χ3v) is 3.35. The minimum absolute atomic E-state index is 0.148. The Hall–Kier alpha value is -1.40. The van der Waals surface area contributed by atoms with Gasteiger partial charge in [-0.1, -0.05) is 11.6 Å². The fraction of sp³-hybridized carbons (Fsp3) is 0.545. The lowest BCUT2D eigenvalue weighted by atomic mass is 10.2. The largest absolute Gasteiger partial charge is 0.475 e. The first-order valence-corrected chi connectivity index (χ1v) is 6.24. The lowest BCUT2D eigenvalue weighted by Gasteiger charge is -2.14. The molecule has 0 amide bonds. The minimum atomic E-state index is 0.148. The van der Waals surface area contributed by atoms with Gasteiger partial charge in [-0.3, -0.25) is 0 Å². The second-order valence-electron chi connectivity index (χ2n) is 4.25. The molecule has 1 aliphatic rings. The predicted molar refractivity (Wildman–Crippen MR) is 65.0 cm³/mol. The number of rotatable bonds is 3. The smallest absolute Gasteiger partial charge is 0.256 e. The first-order chi connectivity index (χ1) is 8.75. The van der Waals surface area contributed by atoms with Gasteiger partial charge in [0, 0.05) is 12.2 Å². The summed E-state index contributed by atoms with van der Waals surface area (Å²) in [6, 6.07) is 0. The van der Waals surface area contributed by atoms with E-state index in [1.54, 1.807) is 4.52 Å². The summed E-state index contributed by atoms with van der Waals surface area (Å²) in [5.74, 6) is 1.02. The number of fused-ring (bicyclic) bond motifs is 1. The van der Waals surface area contributed by atoms with Crippen molar-refractivity contribution in [2.75, 3.05) is 13.2 Å². The SMILES string of the molecule is Cc1c(Cl)nc2ncnn2c1OCC1CCCO1. The monoisotopic (exact) mass is 268 g/mol. The molecule has 0 aromatic carbocycles. The molecule has 0 radical (unpaired) electrons. The van der Waals surface area contributed by atoms with E-state index in [2.05, 4.69) is 15.1 Å². The number of aromatic nitrogens is 4. The summed E-state index contributed by atoms with van der Waals surface area (Å²) in [4.78, 5) is 8.13. The van der Waals surface area contributed by atoms with Crippen LogP contribution in [0.15, 0.2) is 6.33 Å². The summed E-state index contributed by atoms with van der Waals surface area (Å²) in [5.41, 5.74) is 0.757. The van der Waals surface area contributed by atoms with E-state index in [0.29, 0.717) is 23.4 Å². The van der Waals surface area contributed by atoms with Crippen molar-refractivity contribution in [3.05, 3.63) is 17.0 Å². The molecule has 3 heterocycles. The van der Waals surface area contributed by atoms with Crippen LogP contribution in [0.4, 0.5) is 0 Å². The van der Waals surface area contributed by atoms with E-state index in [0.717, 1.165) is 25.0 Å². The van der Waals surface area contributed by atoms with Crippen LogP contribution in [0.3, 0.4) is 0 Å². The second-order valence-corrected chi connectivity index (χ2v) is 4.61.